The van der Waals surface area contributed by atoms with Crippen molar-refractivity contribution >= 4 is 17.2 Å². The van der Waals surface area contributed by atoms with Crippen molar-refractivity contribution in [2.45, 2.75) is 32.2 Å². The summed E-state index contributed by atoms with van der Waals surface area (Å²) < 4.78 is 55.1. The molecule has 0 bridgehead atoms. The number of aromatic nitrogens is 3. The van der Waals surface area contributed by atoms with E-state index in [2.05, 4.69) is 20.5 Å². The van der Waals surface area contributed by atoms with Gasteiger partial charge in [-0.2, -0.15) is 18.3 Å². The molecule has 2 aromatic heterocycles. The number of ether oxygens (including phenoxy) is 3. The van der Waals surface area contributed by atoms with Gasteiger partial charge in [-0.3, -0.25) is 4.79 Å². The summed E-state index contributed by atoms with van der Waals surface area (Å²) in [6.07, 6.45) is -3.06. The number of rotatable bonds is 7. The zero-order valence-corrected chi connectivity index (χ0v) is 19.8. The van der Waals surface area contributed by atoms with Crippen LogP contribution in [-0.2, 0) is 15.7 Å². The van der Waals surface area contributed by atoms with Gasteiger partial charge in [0.2, 0.25) is 0 Å². The summed E-state index contributed by atoms with van der Waals surface area (Å²) in [5.41, 5.74) is 0.107. The molecule has 1 aliphatic heterocycles. The largest absolute Gasteiger partial charge is 0.491 e. The van der Waals surface area contributed by atoms with E-state index in [-0.39, 0.29) is 18.4 Å². The lowest BCUT2D eigenvalue weighted by atomic mass is 10.1. The van der Waals surface area contributed by atoms with Crippen molar-refractivity contribution in [2.24, 2.45) is 0 Å². The van der Waals surface area contributed by atoms with Gasteiger partial charge >= 0.3 is 6.18 Å². The van der Waals surface area contributed by atoms with Crippen LogP contribution in [0.25, 0.3) is 10.6 Å². The van der Waals surface area contributed by atoms with Gasteiger partial charge in [0.25, 0.3) is 5.91 Å². The van der Waals surface area contributed by atoms with Gasteiger partial charge in [0.1, 0.15) is 23.5 Å². The molecule has 1 fully saturated rings. The first-order valence-corrected chi connectivity index (χ1v) is 11.6. The molecule has 2 atom stereocenters. The van der Waals surface area contributed by atoms with Crippen molar-refractivity contribution in [1.82, 2.24) is 20.5 Å². The number of halogens is 3. The van der Waals surface area contributed by atoms with E-state index in [1.165, 1.54) is 17.4 Å². The first-order valence-electron chi connectivity index (χ1n) is 10.8. The Morgan fingerprint density at radius 1 is 1.26 bits per heavy atom. The van der Waals surface area contributed by atoms with Crippen molar-refractivity contribution in [1.29, 1.82) is 0 Å². The van der Waals surface area contributed by atoms with E-state index >= 15 is 0 Å². The fourth-order valence-corrected chi connectivity index (χ4v) is 4.08. The highest BCUT2D eigenvalue weighted by atomic mass is 32.1. The van der Waals surface area contributed by atoms with Gasteiger partial charge in [0.15, 0.2) is 5.69 Å². The maximum atomic E-state index is 13.0. The Kier molecular flexibility index (Phi) is 7.63. The molecule has 0 radical (unpaired) electrons. The number of hydrogen-bond donors (Lipinski definition) is 1. The number of nitrogens with zero attached hydrogens (tertiary/aromatic N) is 3. The monoisotopic (exact) mass is 508 g/mol. The minimum atomic E-state index is -4.59. The Balaban J connectivity index is 1.52. The van der Waals surface area contributed by atoms with Crippen LogP contribution < -0.4 is 10.1 Å². The highest BCUT2D eigenvalue weighted by Crippen LogP contribution is 2.30. The molecule has 3 aromatic rings. The molecule has 1 N–H and O–H groups in total. The van der Waals surface area contributed by atoms with Crippen molar-refractivity contribution < 1.29 is 32.2 Å². The van der Waals surface area contributed by atoms with Gasteiger partial charge in [-0.1, -0.05) is 0 Å². The second-order valence-corrected chi connectivity index (χ2v) is 9.17. The minimum absolute atomic E-state index is 0.198. The molecule has 1 saturated heterocycles. The maximum Gasteiger partial charge on any atom is 0.435 e. The molecule has 1 unspecified atom stereocenters. The summed E-state index contributed by atoms with van der Waals surface area (Å²) in [6.45, 7) is 5.25. The summed E-state index contributed by atoms with van der Waals surface area (Å²) in [6, 6.07) is 6.42. The Hall–Kier alpha value is -3.09. The first-order chi connectivity index (χ1) is 16.7. The zero-order valence-electron chi connectivity index (χ0n) is 19.0. The van der Waals surface area contributed by atoms with Crippen LogP contribution in [0.1, 0.15) is 39.6 Å². The van der Waals surface area contributed by atoms with Gasteiger partial charge in [0, 0.05) is 22.2 Å². The lowest BCUT2D eigenvalue weighted by Gasteiger charge is -2.23. The van der Waals surface area contributed by atoms with Crippen molar-refractivity contribution in [3.05, 3.63) is 58.4 Å². The van der Waals surface area contributed by atoms with Crippen LogP contribution in [0.5, 0.6) is 5.75 Å². The lowest BCUT2D eigenvalue weighted by Crippen LogP contribution is -2.33. The molecule has 0 aliphatic carbocycles. The highest BCUT2D eigenvalue weighted by molar-refractivity contribution is 7.14. The normalized spacial score (nSPS) is 17.1. The van der Waals surface area contributed by atoms with Crippen LogP contribution in [0.15, 0.2) is 36.5 Å². The third kappa shape index (κ3) is 6.53. The van der Waals surface area contributed by atoms with Crippen LogP contribution in [0.3, 0.4) is 0 Å². The molecule has 0 spiro atoms. The summed E-state index contributed by atoms with van der Waals surface area (Å²) >= 11 is 1.48. The second-order valence-electron chi connectivity index (χ2n) is 7.94. The van der Waals surface area contributed by atoms with Gasteiger partial charge in [-0.05, 0) is 44.2 Å². The van der Waals surface area contributed by atoms with Crippen LogP contribution in [0.2, 0.25) is 0 Å². The molecular weight excluding hydrogens is 485 g/mol. The average molecular weight is 509 g/mol. The number of thiazole rings is 1. The van der Waals surface area contributed by atoms with Crippen molar-refractivity contribution in [3.8, 4) is 16.3 Å². The predicted octanol–water partition coefficient (Wildman–Crippen LogP) is 4.21. The molecule has 1 aliphatic rings. The van der Waals surface area contributed by atoms with Crippen molar-refractivity contribution in [2.75, 3.05) is 26.4 Å². The molecule has 4 rings (SSSR count). The third-order valence-corrected chi connectivity index (χ3v) is 6.09. The molecule has 0 saturated carbocycles. The average Bonchev–Trinajstić information content (AvgIpc) is 3.29. The molecule has 3 heterocycles. The molecule has 35 heavy (non-hydrogen) atoms. The van der Waals surface area contributed by atoms with E-state index in [0.717, 1.165) is 16.0 Å². The quantitative estimate of drug-likeness (QED) is 0.511. The van der Waals surface area contributed by atoms with Crippen LogP contribution in [0.4, 0.5) is 13.2 Å². The van der Waals surface area contributed by atoms with Crippen LogP contribution in [-0.4, -0.2) is 53.6 Å². The van der Waals surface area contributed by atoms with Crippen LogP contribution >= 0.6 is 11.3 Å². The molecule has 12 heteroatoms. The predicted molar refractivity (Wildman–Crippen MR) is 121 cm³/mol. The van der Waals surface area contributed by atoms with E-state index in [4.69, 9.17) is 14.2 Å². The number of benzene rings is 1. The van der Waals surface area contributed by atoms with Gasteiger partial charge in [-0.15, -0.1) is 16.4 Å². The zero-order chi connectivity index (χ0) is 25.0. The second kappa shape index (κ2) is 10.7. The summed E-state index contributed by atoms with van der Waals surface area (Å²) in [4.78, 5) is 18.4. The third-order valence-electron chi connectivity index (χ3n) is 5.12. The maximum absolute atomic E-state index is 13.0. The minimum Gasteiger partial charge on any atom is -0.491 e. The number of amides is 1. The van der Waals surface area contributed by atoms with E-state index < -0.39 is 23.8 Å². The van der Waals surface area contributed by atoms with Crippen LogP contribution in [0, 0.1) is 6.92 Å². The van der Waals surface area contributed by atoms with E-state index in [0.29, 0.717) is 36.7 Å². The van der Waals surface area contributed by atoms with Crippen molar-refractivity contribution in [3.63, 3.8) is 0 Å². The number of hydrogen-bond acceptors (Lipinski definition) is 8. The lowest BCUT2D eigenvalue weighted by molar-refractivity contribution is -0.141. The Morgan fingerprint density at radius 2 is 2.09 bits per heavy atom. The van der Waals surface area contributed by atoms with E-state index in [1.54, 1.807) is 31.3 Å². The Labute approximate surface area is 203 Å². The first kappa shape index (κ1) is 25.0. The Morgan fingerprint density at radius 3 is 2.71 bits per heavy atom. The summed E-state index contributed by atoms with van der Waals surface area (Å²) in [7, 11) is 0. The molecule has 1 aromatic carbocycles. The number of alkyl halides is 3. The standard InChI is InChI=1S/C23H23F3N4O4S/c1-13-10-27-22(35-13)16-7-15(8-17(9-16)34-12-18-11-32-5-6-33-18)21(31)28-14(2)19-3-4-20(30-29-19)23(24,25)26/h3-4,7-10,14,18H,5-6,11-12H2,1-2H3,(H,28,31)/t14?,18-/m0/s1. The highest BCUT2D eigenvalue weighted by Gasteiger charge is 2.33. The Bertz CT molecular complexity index is 1160. The molecule has 186 valence electrons. The van der Waals surface area contributed by atoms with Gasteiger partial charge < -0.3 is 19.5 Å². The fraction of sp³-hybridized carbons (Fsp3) is 0.391. The smallest absolute Gasteiger partial charge is 0.435 e. The summed E-state index contributed by atoms with van der Waals surface area (Å²) in [5.74, 6) is 0.00748. The number of carbonyl (C=O) groups excluding carboxylic acids is 1. The summed E-state index contributed by atoms with van der Waals surface area (Å²) in [5, 5.41) is 10.3. The molecular formula is C23H23F3N4O4S. The van der Waals surface area contributed by atoms with Gasteiger partial charge in [0.05, 0.1) is 31.6 Å². The fourth-order valence-electron chi connectivity index (χ4n) is 3.33. The topological polar surface area (TPSA) is 95.5 Å². The van der Waals surface area contributed by atoms with Gasteiger partial charge in [-0.25, -0.2) is 4.98 Å². The molecule has 8 nitrogen and oxygen atoms in total. The number of nitrogens with one attached hydrogen (secondary N) is 1. The van der Waals surface area contributed by atoms with E-state index in [1.807, 2.05) is 6.92 Å². The number of aryl methyl sites for hydroxylation is 1. The number of carbonyl (C=O) groups is 1. The van der Waals surface area contributed by atoms with E-state index in [9.17, 15) is 18.0 Å². The SMILES string of the molecule is Cc1cnc(-c2cc(OC[C@@H]3COCCO3)cc(C(=O)NC(C)c3ccc(C(F)(F)F)nn3)c2)s1. The molecule has 1 amide bonds.